The summed E-state index contributed by atoms with van der Waals surface area (Å²) in [6.07, 6.45) is 1.23. The van der Waals surface area contributed by atoms with E-state index in [1.54, 1.807) is 12.1 Å². The smallest absolute Gasteiger partial charge is 0.148 e. The largest absolute Gasteiger partial charge is 0.399 e. The third-order valence-corrected chi connectivity index (χ3v) is 3.64. The van der Waals surface area contributed by atoms with Gasteiger partial charge >= 0.3 is 0 Å². The lowest BCUT2D eigenvalue weighted by Gasteiger charge is -2.17. The van der Waals surface area contributed by atoms with Crippen LogP contribution in [-0.2, 0) is 16.4 Å². The first-order chi connectivity index (χ1) is 7.78. The predicted octanol–water partition coefficient (Wildman–Crippen LogP) is 1.40. The zero-order chi connectivity index (χ0) is 13.1. The van der Waals surface area contributed by atoms with E-state index in [0.717, 1.165) is 5.56 Å². The van der Waals surface area contributed by atoms with Crippen LogP contribution in [0.3, 0.4) is 0 Å². The van der Waals surface area contributed by atoms with Gasteiger partial charge in [0.05, 0.1) is 5.75 Å². The van der Waals surface area contributed by atoms with Crippen molar-refractivity contribution in [2.24, 2.45) is 0 Å². The Morgan fingerprint density at radius 3 is 2.59 bits per heavy atom. The monoisotopic (exact) mass is 276 g/mol. The lowest BCUT2D eigenvalue weighted by molar-refractivity contribution is 0.346. The van der Waals surface area contributed by atoms with Gasteiger partial charge in [-0.1, -0.05) is 17.7 Å². The van der Waals surface area contributed by atoms with Crippen molar-refractivity contribution in [1.82, 2.24) is 4.90 Å². The minimum Gasteiger partial charge on any atom is -0.399 e. The van der Waals surface area contributed by atoms with Crippen LogP contribution in [-0.4, -0.2) is 38.9 Å². The van der Waals surface area contributed by atoms with Gasteiger partial charge in [0.2, 0.25) is 0 Å². The fraction of sp³-hybridized carbons (Fsp3) is 0.455. The van der Waals surface area contributed by atoms with Crippen molar-refractivity contribution in [3.8, 4) is 0 Å². The first-order valence-corrected chi connectivity index (χ1v) is 7.62. The van der Waals surface area contributed by atoms with Gasteiger partial charge in [0.25, 0.3) is 0 Å². The molecule has 1 rings (SSSR count). The highest BCUT2D eigenvalue weighted by molar-refractivity contribution is 7.90. The normalized spacial score (nSPS) is 12.0. The van der Waals surface area contributed by atoms with E-state index in [9.17, 15) is 8.42 Å². The van der Waals surface area contributed by atoms with E-state index >= 15 is 0 Å². The van der Waals surface area contributed by atoms with Gasteiger partial charge in [-0.05, 0) is 24.7 Å². The number of hydrogen-bond acceptors (Lipinski definition) is 4. The fourth-order valence-electron chi connectivity index (χ4n) is 1.38. The Kier molecular flexibility index (Phi) is 4.80. The maximum Gasteiger partial charge on any atom is 0.148 e. The van der Waals surface area contributed by atoms with Gasteiger partial charge in [-0.2, -0.15) is 0 Å². The minimum atomic E-state index is -2.92. The Labute approximate surface area is 107 Å². The van der Waals surface area contributed by atoms with Gasteiger partial charge in [-0.3, -0.25) is 0 Å². The summed E-state index contributed by atoms with van der Waals surface area (Å²) in [5.41, 5.74) is 7.16. The molecule has 0 aromatic heterocycles. The first-order valence-electron chi connectivity index (χ1n) is 5.18. The zero-order valence-electron chi connectivity index (χ0n) is 9.98. The van der Waals surface area contributed by atoms with Crippen molar-refractivity contribution in [2.45, 2.75) is 6.54 Å². The van der Waals surface area contributed by atoms with Crippen molar-refractivity contribution in [2.75, 3.05) is 31.3 Å². The van der Waals surface area contributed by atoms with Gasteiger partial charge in [-0.25, -0.2) is 8.42 Å². The second kappa shape index (κ2) is 5.71. The maximum absolute atomic E-state index is 11.0. The van der Waals surface area contributed by atoms with E-state index in [1.165, 1.54) is 6.26 Å². The number of anilines is 1. The molecule has 0 saturated heterocycles. The molecule has 0 aliphatic carbocycles. The molecule has 0 spiro atoms. The SMILES string of the molecule is CN(CCS(C)(=O)=O)Cc1ccc(N)cc1Cl. The molecule has 0 bridgehead atoms. The van der Waals surface area contributed by atoms with Crippen LogP contribution in [0.5, 0.6) is 0 Å². The van der Waals surface area contributed by atoms with Gasteiger partial charge in [-0.15, -0.1) is 0 Å². The molecule has 0 atom stereocenters. The second-order valence-electron chi connectivity index (χ2n) is 4.22. The van der Waals surface area contributed by atoms with Crippen LogP contribution < -0.4 is 5.73 Å². The summed E-state index contributed by atoms with van der Waals surface area (Å²) in [7, 11) is -1.06. The molecule has 2 N–H and O–H groups in total. The van der Waals surface area contributed by atoms with Crippen LogP contribution in [0.2, 0.25) is 5.02 Å². The molecule has 0 fully saturated rings. The van der Waals surface area contributed by atoms with Crippen LogP contribution in [0.15, 0.2) is 18.2 Å². The van der Waals surface area contributed by atoms with Crippen molar-refractivity contribution < 1.29 is 8.42 Å². The molecule has 1 aromatic carbocycles. The number of nitrogens with two attached hydrogens (primary N) is 1. The van der Waals surface area contributed by atoms with Gasteiger partial charge in [0, 0.05) is 30.1 Å². The van der Waals surface area contributed by atoms with Crippen molar-refractivity contribution >= 4 is 27.1 Å². The van der Waals surface area contributed by atoms with Crippen molar-refractivity contribution in [1.29, 1.82) is 0 Å². The Hall–Kier alpha value is -0.780. The molecule has 4 nitrogen and oxygen atoms in total. The van der Waals surface area contributed by atoms with Crippen LogP contribution in [0.4, 0.5) is 5.69 Å². The third kappa shape index (κ3) is 5.39. The summed E-state index contributed by atoms with van der Waals surface area (Å²) in [5, 5.41) is 0.608. The van der Waals surface area contributed by atoms with E-state index in [4.69, 9.17) is 17.3 Å². The molecule has 0 aliphatic rings. The highest BCUT2D eigenvalue weighted by Crippen LogP contribution is 2.20. The molecule has 0 amide bonds. The minimum absolute atomic E-state index is 0.149. The summed E-state index contributed by atoms with van der Waals surface area (Å²) in [6, 6.07) is 5.33. The number of nitrogen functional groups attached to an aromatic ring is 1. The number of nitrogens with zero attached hydrogens (tertiary/aromatic N) is 1. The molecular weight excluding hydrogens is 260 g/mol. The number of hydrogen-bond donors (Lipinski definition) is 1. The molecule has 6 heteroatoms. The molecule has 0 heterocycles. The molecule has 96 valence electrons. The van der Waals surface area contributed by atoms with E-state index in [2.05, 4.69) is 0 Å². The Bertz CT molecular complexity index is 488. The second-order valence-corrected chi connectivity index (χ2v) is 6.89. The van der Waals surface area contributed by atoms with Crippen LogP contribution in [0.1, 0.15) is 5.56 Å². The fourth-order valence-corrected chi connectivity index (χ4v) is 2.28. The average molecular weight is 277 g/mol. The Balaban J connectivity index is 2.59. The highest BCUT2D eigenvalue weighted by atomic mass is 35.5. The van der Waals surface area contributed by atoms with Gasteiger partial charge in [0.15, 0.2) is 0 Å². The van der Waals surface area contributed by atoms with Crippen LogP contribution >= 0.6 is 11.6 Å². The standard InChI is InChI=1S/C11H17ClN2O2S/c1-14(5-6-17(2,15)16)8-9-3-4-10(13)7-11(9)12/h3-4,7H,5-6,8,13H2,1-2H3. The summed E-state index contributed by atoms with van der Waals surface area (Å²) >= 11 is 6.04. The molecular formula is C11H17ClN2O2S. The number of sulfone groups is 1. The van der Waals surface area contributed by atoms with E-state index in [1.807, 2.05) is 18.0 Å². The molecule has 17 heavy (non-hydrogen) atoms. The Morgan fingerprint density at radius 2 is 2.06 bits per heavy atom. The van der Waals surface area contributed by atoms with Crippen LogP contribution in [0.25, 0.3) is 0 Å². The lowest BCUT2D eigenvalue weighted by Crippen LogP contribution is -2.25. The van der Waals surface area contributed by atoms with Gasteiger partial charge < -0.3 is 10.6 Å². The number of benzene rings is 1. The molecule has 0 unspecified atom stereocenters. The van der Waals surface area contributed by atoms with E-state index in [0.29, 0.717) is 23.8 Å². The molecule has 1 aromatic rings. The third-order valence-electron chi connectivity index (χ3n) is 2.36. The van der Waals surface area contributed by atoms with Crippen LogP contribution in [0, 0.1) is 0 Å². The number of halogens is 1. The highest BCUT2D eigenvalue weighted by Gasteiger charge is 2.08. The summed E-state index contributed by atoms with van der Waals surface area (Å²) in [6.45, 7) is 1.09. The van der Waals surface area contributed by atoms with Crippen molar-refractivity contribution in [3.63, 3.8) is 0 Å². The topological polar surface area (TPSA) is 63.4 Å². The maximum atomic E-state index is 11.0. The Morgan fingerprint density at radius 1 is 1.41 bits per heavy atom. The quantitative estimate of drug-likeness (QED) is 0.826. The van der Waals surface area contributed by atoms with E-state index < -0.39 is 9.84 Å². The van der Waals surface area contributed by atoms with E-state index in [-0.39, 0.29) is 5.75 Å². The first kappa shape index (κ1) is 14.3. The molecule has 0 saturated carbocycles. The summed E-state index contributed by atoms with van der Waals surface area (Å²) < 4.78 is 22.1. The zero-order valence-corrected chi connectivity index (χ0v) is 11.6. The predicted molar refractivity (Wildman–Crippen MR) is 71.9 cm³/mol. The van der Waals surface area contributed by atoms with Crippen molar-refractivity contribution in [3.05, 3.63) is 28.8 Å². The number of rotatable bonds is 5. The average Bonchev–Trinajstić information content (AvgIpc) is 2.18. The molecule has 0 aliphatic heterocycles. The van der Waals surface area contributed by atoms with Gasteiger partial charge in [0.1, 0.15) is 9.84 Å². The summed E-state index contributed by atoms with van der Waals surface area (Å²) in [5.74, 6) is 0.149. The molecule has 0 radical (unpaired) electrons. The summed E-state index contributed by atoms with van der Waals surface area (Å²) in [4.78, 5) is 1.92. The lowest BCUT2D eigenvalue weighted by atomic mass is 10.2.